The molecule has 2 amide bonds. The SMILES string of the molecule is CCN(CC)CC(C)NC(=O)N[C@H](CC(=O)O)C(=O)O. The minimum absolute atomic E-state index is 0.172. The van der Waals surface area contributed by atoms with Crippen LogP contribution in [0.25, 0.3) is 0 Å². The molecule has 0 radical (unpaired) electrons. The van der Waals surface area contributed by atoms with E-state index in [0.717, 1.165) is 13.1 Å². The first-order chi connectivity index (χ1) is 9.29. The molecule has 0 spiro atoms. The summed E-state index contributed by atoms with van der Waals surface area (Å²) in [5, 5.41) is 22.1. The molecule has 0 aromatic heterocycles. The third-order valence-corrected chi connectivity index (χ3v) is 2.79. The summed E-state index contributed by atoms with van der Waals surface area (Å²) >= 11 is 0. The summed E-state index contributed by atoms with van der Waals surface area (Å²) in [6, 6.07) is -2.29. The predicted molar refractivity (Wildman–Crippen MR) is 72.6 cm³/mol. The van der Waals surface area contributed by atoms with E-state index in [1.807, 2.05) is 13.8 Å². The molecule has 116 valence electrons. The van der Waals surface area contributed by atoms with Crippen molar-refractivity contribution in [3.63, 3.8) is 0 Å². The summed E-state index contributed by atoms with van der Waals surface area (Å²) in [4.78, 5) is 35.0. The van der Waals surface area contributed by atoms with Gasteiger partial charge in [-0.1, -0.05) is 13.8 Å². The summed E-state index contributed by atoms with van der Waals surface area (Å²) in [5.41, 5.74) is 0. The van der Waals surface area contributed by atoms with Crippen LogP contribution in [0.4, 0.5) is 4.79 Å². The second kappa shape index (κ2) is 9.13. The molecule has 0 bridgehead atoms. The molecule has 4 N–H and O–H groups in total. The number of nitrogens with one attached hydrogen (secondary N) is 2. The molecular weight excluding hydrogens is 266 g/mol. The van der Waals surface area contributed by atoms with Crippen molar-refractivity contribution in [1.82, 2.24) is 15.5 Å². The number of likely N-dealkylation sites (N-methyl/N-ethyl adjacent to an activating group) is 1. The number of urea groups is 1. The Balaban J connectivity index is 4.31. The lowest BCUT2D eigenvalue weighted by molar-refractivity contribution is -0.145. The average Bonchev–Trinajstić information content (AvgIpc) is 2.34. The molecule has 1 unspecified atom stereocenters. The van der Waals surface area contributed by atoms with Gasteiger partial charge in [-0.25, -0.2) is 9.59 Å². The number of nitrogens with zero attached hydrogens (tertiary/aromatic N) is 1. The Morgan fingerprint density at radius 1 is 1.10 bits per heavy atom. The Kier molecular flexibility index (Phi) is 8.30. The van der Waals surface area contributed by atoms with E-state index in [1.165, 1.54) is 0 Å². The topological polar surface area (TPSA) is 119 Å². The molecule has 0 aromatic rings. The predicted octanol–water partition coefficient (Wildman–Crippen LogP) is -0.0562. The Hall–Kier alpha value is -1.83. The van der Waals surface area contributed by atoms with Gasteiger partial charge in [0, 0.05) is 12.6 Å². The Morgan fingerprint density at radius 2 is 1.65 bits per heavy atom. The van der Waals surface area contributed by atoms with Crippen LogP contribution in [0.5, 0.6) is 0 Å². The smallest absolute Gasteiger partial charge is 0.326 e. The van der Waals surface area contributed by atoms with Gasteiger partial charge in [0.1, 0.15) is 6.04 Å². The van der Waals surface area contributed by atoms with Crippen LogP contribution in [0.1, 0.15) is 27.2 Å². The minimum Gasteiger partial charge on any atom is -0.481 e. The van der Waals surface area contributed by atoms with Crippen LogP contribution in [-0.4, -0.2) is 64.8 Å². The number of carbonyl (C=O) groups excluding carboxylic acids is 1. The molecule has 2 atom stereocenters. The maximum Gasteiger partial charge on any atom is 0.326 e. The lowest BCUT2D eigenvalue weighted by Crippen LogP contribution is -2.51. The highest BCUT2D eigenvalue weighted by atomic mass is 16.4. The number of carbonyl (C=O) groups is 3. The number of hydrogen-bond donors (Lipinski definition) is 4. The summed E-state index contributed by atoms with van der Waals surface area (Å²) in [6.45, 7) is 8.14. The molecule has 0 aliphatic rings. The van der Waals surface area contributed by atoms with Gasteiger partial charge in [0.05, 0.1) is 6.42 Å². The Morgan fingerprint density at radius 3 is 2.05 bits per heavy atom. The summed E-state index contributed by atoms with van der Waals surface area (Å²) < 4.78 is 0. The number of amides is 2. The second-order valence-electron chi connectivity index (χ2n) is 4.49. The van der Waals surface area contributed by atoms with Gasteiger partial charge < -0.3 is 25.7 Å². The van der Waals surface area contributed by atoms with Gasteiger partial charge >= 0.3 is 18.0 Å². The van der Waals surface area contributed by atoms with Crippen molar-refractivity contribution in [3.8, 4) is 0 Å². The fourth-order valence-corrected chi connectivity index (χ4v) is 1.71. The third kappa shape index (κ3) is 7.57. The molecule has 0 heterocycles. The van der Waals surface area contributed by atoms with E-state index in [2.05, 4.69) is 15.5 Å². The normalized spacial score (nSPS) is 13.6. The van der Waals surface area contributed by atoms with E-state index in [9.17, 15) is 14.4 Å². The zero-order chi connectivity index (χ0) is 15.7. The van der Waals surface area contributed by atoms with Crippen LogP contribution >= 0.6 is 0 Å². The van der Waals surface area contributed by atoms with Crippen molar-refractivity contribution in [3.05, 3.63) is 0 Å². The van der Waals surface area contributed by atoms with E-state index in [0.29, 0.717) is 6.54 Å². The molecule has 0 aliphatic carbocycles. The maximum atomic E-state index is 11.6. The average molecular weight is 289 g/mol. The molecule has 0 aromatic carbocycles. The van der Waals surface area contributed by atoms with Crippen molar-refractivity contribution in [2.24, 2.45) is 0 Å². The molecule has 0 rings (SSSR count). The first kappa shape index (κ1) is 18.2. The van der Waals surface area contributed by atoms with E-state index >= 15 is 0 Å². The van der Waals surface area contributed by atoms with Crippen molar-refractivity contribution >= 4 is 18.0 Å². The van der Waals surface area contributed by atoms with Gasteiger partial charge in [-0.2, -0.15) is 0 Å². The highest BCUT2D eigenvalue weighted by Gasteiger charge is 2.23. The van der Waals surface area contributed by atoms with Crippen molar-refractivity contribution in [1.29, 1.82) is 0 Å². The van der Waals surface area contributed by atoms with Gasteiger partial charge in [0.25, 0.3) is 0 Å². The fourth-order valence-electron chi connectivity index (χ4n) is 1.71. The highest BCUT2D eigenvalue weighted by molar-refractivity contribution is 5.86. The zero-order valence-corrected chi connectivity index (χ0v) is 12.0. The number of carboxylic acid groups (broad SMARTS) is 2. The van der Waals surface area contributed by atoms with Crippen molar-refractivity contribution in [2.45, 2.75) is 39.3 Å². The van der Waals surface area contributed by atoms with Gasteiger partial charge in [0.15, 0.2) is 0 Å². The van der Waals surface area contributed by atoms with Crippen LogP contribution in [0, 0.1) is 0 Å². The molecule has 0 fully saturated rings. The molecular formula is C12H23N3O5. The number of rotatable bonds is 9. The van der Waals surface area contributed by atoms with Crippen molar-refractivity contribution < 1.29 is 24.6 Å². The monoisotopic (exact) mass is 289 g/mol. The number of carboxylic acids is 2. The van der Waals surface area contributed by atoms with E-state index in [-0.39, 0.29) is 6.04 Å². The summed E-state index contributed by atoms with van der Waals surface area (Å²) in [6.07, 6.45) is -0.660. The largest absolute Gasteiger partial charge is 0.481 e. The van der Waals surface area contributed by atoms with Gasteiger partial charge in [-0.05, 0) is 20.0 Å². The third-order valence-electron chi connectivity index (χ3n) is 2.79. The second-order valence-corrected chi connectivity index (χ2v) is 4.49. The van der Waals surface area contributed by atoms with E-state index in [1.54, 1.807) is 6.92 Å². The highest BCUT2D eigenvalue weighted by Crippen LogP contribution is 1.95. The van der Waals surface area contributed by atoms with Crippen LogP contribution < -0.4 is 10.6 Å². The van der Waals surface area contributed by atoms with E-state index in [4.69, 9.17) is 10.2 Å². The standard InChI is InChI=1S/C12H23N3O5/c1-4-15(5-2)7-8(3)13-12(20)14-9(11(18)19)6-10(16)17/h8-9H,4-7H2,1-3H3,(H,16,17)(H,18,19)(H2,13,14,20)/t8?,9-/m1/s1. The summed E-state index contributed by atoms with van der Waals surface area (Å²) in [5.74, 6) is -2.66. The van der Waals surface area contributed by atoms with Gasteiger partial charge in [-0.15, -0.1) is 0 Å². The number of hydrogen-bond acceptors (Lipinski definition) is 4. The quantitative estimate of drug-likeness (QED) is 0.472. The first-order valence-electron chi connectivity index (χ1n) is 6.54. The number of aliphatic carboxylic acids is 2. The van der Waals surface area contributed by atoms with Gasteiger partial charge in [0.2, 0.25) is 0 Å². The van der Waals surface area contributed by atoms with Crippen LogP contribution in [0.15, 0.2) is 0 Å². The first-order valence-corrected chi connectivity index (χ1v) is 6.54. The van der Waals surface area contributed by atoms with Gasteiger partial charge in [-0.3, -0.25) is 4.79 Å². The molecule has 0 saturated carbocycles. The van der Waals surface area contributed by atoms with Crippen molar-refractivity contribution in [2.75, 3.05) is 19.6 Å². The van der Waals surface area contributed by atoms with Crippen LogP contribution in [-0.2, 0) is 9.59 Å². The molecule has 8 heteroatoms. The molecule has 20 heavy (non-hydrogen) atoms. The summed E-state index contributed by atoms with van der Waals surface area (Å²) in [7, 11) is 0. The lowest BCUT2D eigenvalue weighted by Gasteiger charge is -2.24. The Bertz CT molecular complexity index is 344. The van der Waals surface area contributed by atoms with E-state index < -0.39 is 30.4 Å². The lowest BCUT2D eigenvalue weighted by atomic mass is 10.2. The Labute approximate surface area is 118 Å². The fraction of sp³-hybridized carbons (Fsp3) is 0.750. The molecule has 0 aliphatic heterocycles. The van der Waals surface area contributed by atoms with Crippen LogP contribution in [0.2, 0.25) is 0 Å². The van der Waals surface area contributed by atoms with Crippen LogP contribution in [0.3, 0.4) is 0 Å². The minimum atomic E-state index is -1.44. The molecule has 0 saturated heterocycles. The molecule has 8 nitrogen and oxygen atoms in total. The maximum absolute atomic E-state index is 11.6. The zero-order valence-electron chi connectivity index (χ0n) is 12.0.